The molecule has 2 fully saturated rings. The number of nitrogens with zero attached hydrogens (tertiary/aromatic N) is 5. The standard InChI is InChI=1S/C27H38F3N5O5S/c1-25(2,3)39-23(36)34-13-18(14-34)38-20-11-19(32-21(33-20)22-31-16(12-28)15-41-22)35(24(37)40-26(4,5)6)17-7-9-27(29,30)10-8-17/h11,15,17-18,23,36H,7-10,12-14H2,1-6H3. The summed E-state index contributed by atoms with van der Waals surface area (Å²) in [6.45, 7) is 10.6. The normalized spacial score (nSPS) is 19.5. The molecule has 228 valence electrons. The van der Waals surface area contributed by atoms with Crippen molar-refractivity contribution in [3.8, 4) is 16.7 Å². The molecule has 0 radical (unpaired) electrons. The van der Waals surface area contributed by atoms with Crippen LogP contribution >= 0.6 is 11.3 Å². The third-order valence-electron chi connectivity index (χ3n) is 6.39. The molecule has 14 heteroatoms. The fourth-order valence-electron chi connectivity index (χ4n) is 4.47. The van der Waals surface area contributed by atoms with E-state index in [1.807, 2.05) is 20.8 Å². The fraction of sp³-hybridized carbons (Fsp3) is 0.704. The van der Waals surface area contributed by atoms with Gasteiger partial charge in [0.15, 0.2) is 10.8 Å². The Morgan fingerprint density at radius 3 is 2.37 bits per heavy atom. The molecule has 1 atom stereocenters. The Balaban J connectivity index is 1.64. The molecular formula is C27H38F3N5O5S. The Morgan fingerprint density at radius 2 is 1.80 bits per heavy atom. The molecule has 1 unspecified atom stereocenters. The lowest BCUT2D eigenvalue weighted by Gasteiger charge is -2.42. The Hall–Kier alpha value is -2.55. The summed E-state index contributed by atoms with van der Waals surface area (Å²) in [5, 5.41) is 12.2. The summed E-state index contributed by atoms with van der Waals surface area (Å²) in [5.74, 6) is -2.47. The van der Waals surface area contributed by atoms with Crippen LogP contribution in [0.1, 0.15) is 72.9 Å². The molecule has 1 amide bonds. The van der Waals surface area contributed by atoms with Crippen LogP contribution in [0, 0.1) is 0 Å². The molecule has 2 aromatic heterocycles. The summed E-state index contributed by atoms with van der Waals surface area (Å²) in [7, 11) is 0. The first-order valence-electron chi connectivity index (χ1n) is 13.6. The molecule has 0 spiro atoms. The Kier molecular flexibility index (Phi) is 9.17. The number of aliphatic hydroxyl groups excluding tert-OH is 1. The van der Waals surface area contributed by atoms with Crippen molar-refractivity contribution in [1.82, 2.24) is 19.9 Å². The first kappa shape index (κ1) is 31.4. The number of halogens is 3. The van der Waals surface area contributed by atoms with Crippen LogP contribution in [-0.4, -0.2) is 79.8 Å². The largest absolute Gasteiger partial charge is 0.471 e. The zero-order chi connectivity index (χ0) is 30.2. The lowest BCUT2D eigenvalue weighted by atomic mass is 9.91. The number of aromatic nitrogens is 3. The van der Waals surface area contributed by atoms with Gasteiger partial charge in [-0.15, -0.1) is 11.3 Å². The van der Waals surface area contributed by atoms with Gasteiger partial charge in [0.2, 0.25) is 18.2 Å². The van der Waals surface area contributed by atoms with Gasteiger partial charge >= 0.3 is 6.09 Å². The molecule has 0 aromatic carbocycles. The smallest absolute Gasteiger partial charge is 0.416 e. The topological polar surface area (TPSA) is 110 Å². The van der Waals surface area contributed by atoms with E-state index in [4.69, 9.17) is 14.2 Å². The van der Waals surface area contributed by atoms with E-state index in [-0.39, 0.29) is 55.0 Å². The average Bonchev–Trinajstić information content (AvgIpc) is 3.29. The van der Waals surface area contributed by atoms with E-state index in [9.17, 15) is 23.1 Å². The highest BCUT2D eigenvalue weighted by molar-refractivity contribution is 7.13. The monoisotopic (exact) mass is 601 g/mol. The van der Waals surface area contributed by atoms with Crippen LogP contribution in [-0.2, 0) is 16.1 Å². The molecule has 1 N–H and O–H groups in total. The van der Waals surface area contributed by atoms with E-state index in [1.165, 1.54) is 11.0 Å². The van der Waals surface area contributed by atoms with Crippen LogP contribution in [0.3, 0.4) is 0 Å². The molecule has 41 heavy (non-hydrogen) atoms. The number of likely N-dealkylation sites (tertiary alicyclic amines) is 1. The van der Waals surface area contributed by atoms with Gasteiger partial charge < -0.3 is 19.3 Å². The molecule has 2 aliphatic rings. The number of carbonyl (C=O) groups is 1. The van der Waals surface area contributed by atoms with Crippen molar-refractivity contribution in [2.45, 2.75) is 110 Å². The van der Waals surface area contributed by atoms with E-state index in [0.717, 1.165) is 11.3 Å². The predicted octanol–water partition coefficient (Wildman–Crippen LogP) is 5.54. The highest BCUT2D eigenvalue weighted by atomic mass is 32.1. The lowest BCUT2D eigenvalue weighted by molar-refractivity contribution is -0.265. The Bertz CT molecular complexity index is 1200. The van der Waals surface area contributed by atoms with Gasteiger partial charge in [-0.25, -0.2) is 32.8 Å². The minimum atomic E-state index is -2.80. The Morgan fingerprint density at radius 1 is 1.15 bits per heavy atom. The van der Waals surface area contributed by atoms with Crippen LogP contribution in [0.4, 0.5) is 23.8 Å². The van der Waals surface area contributed by atoms with E-state index in [2.05, 4.69) is 15.0 Å². The molecule has 1 saturated heterocycles. The molecule has 1 saturated carbocycles. The second-order valence-electron chi connectivity index (χ2n) is 12.4. The van der Waals surface area contributed by atoms with E-state index < -0.39 is 42.3 Å². The van der Waals surface area contributed by atoms with Gasteiger partial charge in [-0.3, -0.25) is 4.90 Å². The van der Waals surface area contributed by atoms with Gasteiger partial charge in [0.1, 0.15) is 24.2 Å². The van der Waals surface area contributed by atoms with Gasteiger partial charge in [0, 0.05) is 43.4 Å². The van der Waals surface area contributed by atoms with Gasteiger partial charge in [0.25, 0.3) is 0 Å². The van der Waals surface area contributed by atoms with Crippen LogP contribution in [0.25, 0.3) is 10.8 Å². The van der Waals surface area contributed by atoms with Crippen molar-refractivity contribution in [1.29, 1.82) is 0 Å². The SMILES string of the molecule is CC(C)(C)OC(=O)N(c1cc(OC2CN(C(O)OC(C)(C)C)C2)nc(-c2nc(CF)cs2)n1)C1CCC(F)(F)CC1. The van der Waals surface area contributed by atoms with Crippen molar-refractivity contribution >= 4 is 23.2 Å². The van der Waals surface area contributed by atoms with E-state index in [0.29, 0.717) is 18.1 Å². The van der Waals surface area contributed by atoms with Crippen molar-refractivity contribution in [3.05, 3.63) is 17.1 Å². The molecular weight excluding hydrogens is 563 g/mol. The summed E-state index contributed by atoms with van der Waals surface area (Å²) in [4.78, 5) is 29.7. The molecule has 10 nitrogen and oxygen atoms in total. The molecule has 2 aromatic rings. The molecule has 1 aliphatic carbocycles. The average molecular weight is 602 g/mol. The number of thiazole rings is 1. The number of alkyl halides is 3. The van der Waals surface area contributed by atoms with Crippen molar-refractivity contribution in [2.75, 3.05) is 18.0 Å². The number of amides is 1. The van der Waals surface area contributed by atoms with Crippen LogP contribution < -0.4 is 9.64 Å². The number of ether oxygens (including phenoxy) is 3. The van der Waals surface area contributed by atoms with Crippen LogP contribution in [0.15, 0.2) is 11.4 Å². The number of aliphatic hydroxyl groups is 1. The summed E-state index contributed by atoms with van der Waals surface area (Å²) < 4.78 is 58.6. The third-order valence-corrected chi connectivity index (χ3v) is 7.28. The molecule has 1 aliphatic heterocycles. The fourth-order valence-corrected chi connectivity index (χ4v) is 5.20. The number of hydrogen-bond acceptors (Lipinski definition) is 10. The molecule has 3 heterocycles. The molecule has 0 bridgehead atoms. The van der Waals surface area contributed by atoms with Gasteiger partial charge in [-0.2, -0.15) is 4.98 Å². The van der Waals surface area contributed by atoms with E-state index >= 15 is 0 Å². The van der Waals surface area contributed by atoms with Crippen molar-refractivity contribution in [2.24, 2.45) is 0 Å². The third kappa shape index (κ3) is 8.49. The zero-order valence-corrected chi connectivity index (χ0v) is 25.0. The van der Waals surface area contributed by atoms with Gasteiger partial charge in [-0.1, -0.05) is 0 Å². The highest BCUT2D eigenvalue weighted by Crippen LogP contribution is 2.38. The second-order valence-corrected chi connectivity index (χ2v) is 13.2. The first-order valence-corrected chi connectivity index (χ1v) is 14.5. The first-order chi connectivity index (χ1) is 19.0. The minimum Gasteiger partial charge on any atom is -0.471 e. The van der Waals surface area contributed by atoms with Crippen molar-refractivity contribution in [3.63, 3.8) is 0 Å². The predicted molar refractivity (Wildman–Crippen MR) is 147 cm³/mol. The van der Waals surface area contributed by atoms with Gasteiger partial charge in [-0.05, 0) is 54.4 Å². The number of carbonyl (C=O) groups excluding carboxylic acids is 1. The van der Waals surface area contributed by atoms with Gasteiger partial charge in [0.05, 0.1) is 11.3 Å². The highest BCUT2D eigenvalue weighted by Gasteiger charge is 2.41. The second kappa shape index (κ2) is 12.0. The van der Waals surface area contributed by atoms with E-state index in [1.54, 1.807) is 31.1 Å². The quantitative estimate of drug-likeness (QED) is 0.390. The minimum absolute atomic E-state index is 0.0499. The number of hydrogen-bond donors (Lipinski definition) is 1. The van der Waals surface area contributed by atoms with Crippen LogP contribution in [0.5, 0.6) is 5.88 Å². The maximum atomic E-state index is 14.0. The zero-order valence-electron chi connectivity index (χ0n) is 24.2. The number of rotatable bonds is 8. The lowest BCUT2D eigenvalue weighted by Crippen LogP contribution is -2.59. The Labute approximate surface area is 241 Å². The summed E-state index contributed by atoms with van der Waals surface area (Å²) >= 11 is 1.13. The summed E-state index contributed by atoms with van der Waals surface area (Å²) in [5.41, 5.74) is -1.18. The summed E-state index contributed by atoms with van der Waals surface area (Å²) in [6, 6.07) is 0.871. The maximum Gasteiger partial charge on any atom is 0.416 e. The maximum absolute atomic E-state index is 14.0. The van der Waals surface area contributed by atoms with Crippen molar-refractivity contribution < 1.29 is 37.3 Å². The summed E-state index contributed by atoms with van der Waals surface area (Å²) in [6.07, 6.45) is -2.84. The molecule has 4 rings (SSSR count). The van der Waals surface area contributed by atoms with Crippen LogP contribution in [0.2, 0.25) is 0 Å². The number of anilines is 1.